The van der Waals surface area contributed by atoms with Crippen molar-refractivity contribution >= 4 is 5.97 Å². The van der Waals surface area contributed by atoms with Gasteiger partial charge >= 0.3 is 19.2 Å². The normalized spacial score (nSPS) is 12.4. The number of alkyl halides is 4. The van der Waals surface area contributed by atoms with Crippen LogP contribution in [-0.4, -0.2) is 30.9 Å². The fraction of sp³-hybridized carbons (Fsp3) is 0.462. The smallest absolute Gasteiger partial charge is 0.387 e. The number of carbonyl (C=O) groups excluding carboxylic acids is 1. The molecule has 124 valence electrons. The summed E-state index contributed by atoms with van der Waals surface area (Å²) >= 11 is 0. The van der Waals surface area contributed by atoms with E-state index in [4.69, 9.17) is 0 Å². The molecule has 5 nitrogen and oxygen atoms in total. The lowest BCUT2D eigenvalue weighted by Gasteiger charge is -2.15. The molecule has 0 aliphatic carbocycles. The molecule has 0 aromatic heterocycles. The summed E-state index contributed by atoms with van der Waals surface area (Å²) < 4.78 is 61.7. The van der Waals surface area contributed by atoms with Crippen molar-refractivity contribution in [3.8, 4) is 11.5 Å². The molecule has 0 heterocycles. The van der Waals surface area contributed by atoms with Gasteiger partial charge in [-0.1, -0.05) is 6.07 Å². The van der Waals surface area contributed by atoms with E-state index in [0.717, 1.165) is 18.2 Å². The van der Waals surface area contributed by atoms with Crippen LogP contribution in [0, 0.1) is 0 Å². The van der Waals surface area contributed by atoms with Gasteiger partial charge in [-0.15, -0.1) is 0 Å². The molecule has 22 heavy (non-hydrogen) atoms. The van der Waals surface area contributed by atoms with Gasteiger partial charge < -0.3 is 19.3 Å². The molecular weight excluding hydrogens is 312 g/mol. The molecule has 0 fully saturated rings. The quantitative estimate of drug-likeness (QED) is 0.588. The molecule has 0 aliphatic rings. The van der Waals surface area contributed by atoms with Crippen LogP contribution in [0.25, 0.3) is 0 Å². The van der Waals surface area contributed by atoms with Crippen molar-refractivity contribution in [1.29, 1.82) is 0 Å². The third-order valence-corrected chi connectivity index (χ3v) is 2.45. The Morgan fingerprint density at radius 1 is 1.14 bits per heavy atom. The van der Waals surface area contributed by atoms with Crippen LogP contribution in [-0.2, 0) is 9.53 Å². The van der Waals surface area contributed by atoms with E-state index in [2.05, 4.69) is 14.2 Å². The number of carbonyl (C=O) groups is 1. The number of halogens is 4. The highest BCUT2D eigenvalue weighted by atomic mass is 19.3. The Hall–Kier alpha value is -2.03. The van der Waals surface area contributed by atoms with Crippen LogP contribution in [0.15, 0.2) is 18.2 Å². The van der Waals surface area contributed by atoms with Crippen molar-refractivity contribution in [2.45, 2.75) is 32.7 Å². The minimum absolute atomic E-state index is 0.0188. The van der Waals surface area contributed by atoms with E-state index in [-0.39, 0.29) is 12.2 Å². The highest BCUT2D eigenvalue weighted by molar-refractivity contribution is 5.70. The van der Waals surface area contributed by atoms with E-state index in [1.165, 1.54) is 0 Å². The minimum atomic E-state index is -3.27. The van der Waals surface area contributed by atoms with Crippen LogP contribution < -0.4 is 9.47 Å². The number of hydrogen-bond donors (Lipinski definition) is 1. The van der Waals surface area contributed by atoms with Crippen LogP contribution in [0.3, 0.4) is 0 Å². The lowest BCUT2D eigenvalue weighted by Crippen LogP contribution is -2.11. The second-order valence-electron chi connectivity index (χ2n) is 3.99. The average Bonchev–Trinajstić information content (AvgIpc) is 2.39. The first-order valence-electron chi connectivity index (χ1n) is 6.20. The van der Waals surface area contributed by atoms with Gasteiger partial charge in [0.15, 0.2) is 11.5 Å². The van der Waals surface area contributed by atoms with Gasteiger partial charge in [0, 0.05) is 0 Å². The van der Waals surface area contributed by atoms with Gasteiger partial charge in [-0.25, -0.2) is 0 Å². The molecule has 9 heteroatoms. The van der Waals surface area contributed by atoms with E-state index >= 15 is 0 Å². The first-order chi connectivity index (χ1) is 10.3. The number of ether oxygens (including phenoxy) is 3. The lowest BCUT2D eigenvalue weighted by atomic mass is 10.1. The van der Waals surface area contributed by atoms with Gasteiger partial charge in [-0.3, -0.25) is 4.79 Å². The van der Waals surface area contributed by atoms with Gasteiger partial charge in [0.05, 0.1) is 19.1 Å². The molecule has 0 spiro atoms. The fourth-order valence-corrected chi connectivity index (χ4v) is 1.61. The SMILES string of the molecule is CCOC(=O)CC(O)c1ccc(OC(F)F)c(OC(F)F)c1. The van der Waals surface area contributed by atoms with Crippen molar-refractivity contribution in [2.24, 2.45) is 0 Å². The zero-order valence-electron chi connectivity index (χ0n) is 11.5. The van der Waals surface area contributed by atoms with Crippen LogP contribution in [0.4, 0.5) is 17.6 Å². The maximum Gasteiger partial charge on any atom is 0.387 e. The number of esters is 1. The molecule has 0 saturated carbocycles. The molecule has 0 radical (unpaired) electrons. The summed E-state index contributed by atoms with van der Waals surface area (Å²) in [5.74, 6) is -1.97. The largest absolute Gasteiger partial charge is 0.466 e. The van der Waals surface area contributed by atoms with Crippen LogP contribution in [0.1, 0.15) is 25.0 Å². The van der Waals surface area contributed by atoms with Gasteiger partial charge in [0.25, 0.3) is 0 Å². The van der Waals surface area contributed by atoms with E-state index in [1.807, 2.05) is 0 Å². The number of aliphatic hydroxyl groups excluding tert-OH is 1. The van der Waals surface area contributed by atoms with Gasteiger partial charge in [-0.2, -0.15) is 17.6 Å². The predicted molar refractivity (Wildman–Crippen MR) is 65.9 cm³/mol. The highest BCUT2D eigenvalue weighted by Crippen LogP contribution is 2.33. The minimum Gasteiger partial charge on any atom is -0.466 e. The molecule has 1 N–H and O–H groups in total. The number of rotatable bonds is 8. The Labute approximate surface area is 123 Å². The molecule has 1 rings (SSSR count). The maximum atomic E-state index is 12.3. The van der Waals surface area contributed by atoms with Crippen molar-refractivity contribution in [3.05, 3.63) is 23.8 Å². The van der Waals surface area contributed by atoms with Crippen LogP contribution in [0.2, 0.25) is 0 Å². The van der Waals surface area contributed by atoms with E-state index in [1.54, 1.807) is 6.92 Å². The molecule has 1 unspecified atom stereocenters. The Morgan fingerprint density at radius 3 is 2.27 bits per heavy atom. The summed E-state index contributed by atoms with van der Waals surface area (Å²) in [4.78, 5) is 11.2. The number of benzene rings is 1. The summed E-state index contributed by atoms with van der Waals surface area (Å²) in [6, 6.07) is 2.99. The van der Waals surface area contributed by atoms with Gasteiger partial charge in [0.1, 0.15) is 0 Å². The van der Waals surface area contributed by atoms with Gasteiger partial charge in [0.2, 0.25) is 0 Å². The molecule has 1 aromatic carbocycles. The maximum absolute atomic E-state index is 12.3. The monoisotopic (exact) mass is 326 g/mol. The summed E-state index contributed by atoms with van der Waals surface area (Å²) in [6.07, 6.45) is -1.78. The third-order valence-electron chi connectivity index (χ3n) is 2.45. The van der Waals surface area contributed by atoms with E-state index < -0.39 is 43.2 Å². The third kappa shape index (κ3) is 5.76. The predicted octanol–water partition coefficient (Wildman–Crippen LogP) is 2.88. The molecule has 0 amide bonds. The van der Waals surface area contributed by atoms with Crippen LogP contribution in [0.5, 0.6) is 11.5 Å². The molecule has 0 aliphatic heterocycles. The van der Waals surface area contributed by atoms with E-state index in [9.17, 15) is 27.5 Å². The number of hydrogen-bond acceptors (Lipinski definition) is 5. The summed E-state index contributed by atoms with van der Waals surface area (Å²) in [5.41, 5.74) is 0.0188. The second kappa shape index (κ2) is 8.42. The Kier molecular flexibility index (Phi) is 6.90. The Bertz CT molecular complexity index is 495. The zero-order valence-corrected chi connectivity index (χ0v) is 11.5. The van der Waals surface area contributed by atoms with Crippen molar-refractivity contribution in [2.75, 3.05) is 6.61 Å². The molecule has 1 aromatic rings. The Morgan fingerprint density at radius 2 is 1.73 bits per heavy atom. The summed E-state index contributed by atoms with van der Waals surface area (Å²) in [7, 11) is 0. The van der Waals surface area contributed by atoms with Gasteiger partial charge in [-0.05, 0) is 24.6 Å². The van der Waals surface area contributed by atoms with Crippen molar-refractivity contribution in [3.63, 3.8) is 0 Å². The second-order valence-corrected chi connectivity index (χ2v) is 3.99. The van der Waals surface area contributed by atoms with E-state index in [0.29, 0.717) is 0 Å². The first kappa shape index (κ1) is 18.0. The average molecular weight is 326 g/mol. The van der Waals surface area contributed by atoms with Crippen molar-refractivity contribution < 1.29 is 41.7 Å². The fourth-order valence-electron chi connectivity index (χ4n) is 1.61. The Balaban J connectivity index is 2.94. The first-order valence-corrected chi connectivity index (χ1v) is 6.20. The topological polar surface area (TPSA) is 65.0 Å². The highest BCUT2D eigenvalue weighted by Gasteiger charge is 2.19. The van der Waals surface area contributed by atoms with Crippen LogP contribution >= 0.6 is 0 Å². The molecule has 0 saturated heterocycles. The molecule has 1 atom stereocenters. The van der Waals surface area contributed by atoms with Crippen molar-refractivity contribution in [1.82, 2.24) is 0 Å². The standard InChI is InChI=1S/C13H14F4O5/c1-2-20-11(19)6-8(18)7-3-4-9(21-12(14)15)10(5-7)22-13(16)17/h3-5,8,12-13,18H,2,6H2,1H3. The molecular formula is C13H14F4O5. The number of aliphatic hydroxyl groups is 1. The summed E-state index contributed by atoms with van der Waals surface area (Å²) in [5, 5.41) is 9.82. The lowest BCUT2D eigenvalue weighted by molar-refractivity contribution is -0.145. The zero-order chi connectivity index (χ0) is 16.7. The molecule has 0 bridgehead atoms. The summed E-state index contributed by atoms with van der Waals surface area (Å²) in [6.45, 7) is -4.80.